The second-order valence-electron chi connectivity index (χ2n) is 4.56. The maximum absolute atomic E-state index is 13.2. The number of hydrogen-bond donors (Lipinski definition) is 1. The summed E-state index contributed by atoms with van der Waals surface area (Å²) in [5.74, 6) is 0. The van der Waals surface area contributed by atoms with E-state index in [1.165, 1.54) is 18.3 Å². The van der Waals surface area contributed by atoms with Gasteiger partial charge < -0.3 is 4.98 Å². The predicted octanol–water partition coefficient (Wildman–Crippen LogP) is 4.82. The van der Waals surface area contributed by atoms with Gasteiger partial charge in [-0.1, -0.05) is 17.7 Å². The van der Waals surface area contributed by atoms with Gasteiger partial charge in [-0.05, 0) is 17.7 Å². The molecule has 0 saturated heterocycles. The van der Waals surface area contributed by atoms with Crippen molar-refractivity contribution in [1.82, 2.24) is 15.0 Å². The molecule has 9 heteroatoms. The number of benzene rings is 1. The molecule has 116 valence electrons. The van der Waals surface area contributed by atoms with E-state index in [1.54, 1.807) is 0 Å². The zero-order chi connectivity index (χ0) is 16.8. The molecule has 0 atom stereocenters. The van der Waals surface area contributed by atoms with E-state index in [2.05, 4.69) is 15.0 Å². The zero-order valence-electron chi connectivity index (χ0n) is 11.0. The van der Waals surface area contributed by atoms with Gasteiger partial charge in [0.25, 0.3) is 0 Å². The fraction of sp³-hybridized carbons (Fsp3) is 0.0714. The Morgan fingerprint density at radius 2 is 1.96 bits per heavy atom. The number of halogens is 5. The SMILES string of the molecule is N#Cc1ccc2c(-c3nc(Cl)ncc3C(F)(F)F)c[nH]c2c1Cl. The molecule has 2 aromatic heterocycles. The molecule has 0 amide bonds. The van der Waals surface area contributed by atoms with Gasteiger partial charge in [0.05, 0.1) is 21.8 Å². The molecule has 0 spiro atoms. The van der Waals surface area contributed by atoms with Crippen molar-refractivity contribution in [3.05, 3.63) is 46.0 Å². The summed E-state index contributed by atoms with van der Waals surface area (Å²) < 4.78 is 39.5. The lowest BCUT2D eigenvalue weighted by Crippen LogP contribution is -2.09. The van der Waals surface area contributed by atoms with E-state index in [0.717, 1.165) is 0 Å². The Kier molecular flexibility index (Phi) is 3.66. The Labute approximate surface area is 137 Å². The lowest BCUT2D eigenvalue weighted by molar-refractivity contribution is -0.137. The van der Waals surface area contributed by atoms with E-state index in [-0.39, 0.29) is 27.1 Å². The Balaban J connectivity index is 2.33. The van der Waals surface area contributed by atoms with Gasteiger partial charge in [-0.15, -0.1) is 0 Å². The first kappa shape index (κ1) is 15.6. The van der Waals surface area contributed by atoms with Crippen molar-refractivity contribution >= 4 is 34.1 Å². The molecule has 3 aromatic rings. The van der Waals surface area contributed by atoms with Crippen LogP contribution in [0.4, 0.5) is 13.2 Å². The lowest BCUT2D eigenvalue weighted by Gasteiger charge is -2.11. The lowest BCUT2D eigenvalue weighted by atomic mass is 10.0. The Bertz CT molecular complexity index is 957. The van der Waals surface area contributed by atoms with E-state index in [9.17, 15) is 13.2 Å². The highest BCUT2D eigenvalue weighted by Gasteiger charge is 2.36. The molecule has 1 aromatic carbocycles. The monoisotopic (exact) mass is 356 g/mol. The Morgan fingerprint density at radius 1 is 1.22 bits per heavy atom. The number of nitrogens with zero attached hydrogens (tertiary/aromatic N) is 3. The minimum atomic E-state index is -4.64. The molecule has 0 aliphatic heterocycles. The minimum absolute atomic E-state index is 0.130. The molecule has 0 aliphatic carbocycles. The number of nitrogens with one attached hydrogen (secondary N) is 1. The van der Waals surface area contributed by atoms with Crippen LogP contribution in [0.1, 0.15) is 11.1 Å². The molecule has 3 rings (SSSR count). The highest BCUT2D eigenvalue weighted by atomic mass is 35.5. The maximum Gasteiger partial charge on any atom is 0.419 e. The summed E-state index contributed by atoms with van der Waals surface area (Å²) in [6.07, 6.45) is -2.67. The van der Waals surface area contributed by atoms with Gasteiger partial charge in [-0.3, -0.25) is 0 Å². The topological polar surface area (TPSA) is 65.4 Å². The number of nitriles is 1. The van der Waals surface area contributed by atoms with Crippen molar-refractivity contribution in [2.45, 2.75) is 6.18 Å². The first-order chi connectivity index (χ1) is 10.8. The number of rotatable bonds is 1. The largest absolute Gasteiger partial charge is 0.419 e. The van der Waals surface area contributed by atoms with Gasteiger partial charge in [0.1, 0.15) is 11.6 Å². The molecule has 0 aliphatic rings. The molecular weight excluding hydrogens is 352 g/mol. The molecule has 4 nitrogen and oxygen atoms in total. The summed E-state index contributed by atoms with van der Waals surface area (Å²) in [5.41, 5.74) is -0.635. The van der Waals surface area contributed by atoms with E-state index >= 15 is 0 Å². The molecule has 0 saturated carbocycles. The highest BCUT2D eigenvalue weighted by Crippen LogP contribution is 2.40. The van der Waals surface area contributed by atoms with Crippen molar-refractivity contribution in [3.63, 3.8) is 0 Å². The summed E-state index contributed by atoms with van der Waals surface area (Å²) in [4.78, 5) is 9.88. The van der Waals surface area contributed by atoms with Gasteiger partial charge in [-0.25, -0.2) is 9.97 Å². The number of aromatic nitrogens is 3. The van der Waals surface area contributed by atoms with Crippen molar-refractivity contribution in [1.29, 1.82) is 5.26 Å². The van der Waals surface area contributed by atoms with E-state index in [0.29, 0.717) is 17.1 Å². The van der Waals surface area contributed by atoms with Crippen LogP contribution in [0.2, 0.25) is 10.3 Å². The van der Waals surface area contributed by atoms with Crippen LogP contribution in [-0.4, -0.2) is 15.0 Å². The number of fused-ring (bicyclic) bond motifs is 1. The summed E-state index contributed by atoms with van der Waals surface area (Å²) in [6, 6.07) is 4.83. The van der Waals surface area contributed by atoms with Crippen molar-refractivity contribution in [3.8, 4) is 17.3 Å². The summed E-state index contributed by atoms with van der Waals surface area (Å²) in [5, 5.41) is 9.18. The van der Waals surface area contributed by atoms with Gasteiger partial charge in [-0.2, -0.15) is 18.4 Å². The van der Waals surface area contributed by atoms with Crippen LogP contribution in [0.3, 0.4) is 0 Å². The number of H-pyrrole nitrogens is 1. The van der Waals surface area contributed by atoms with Crippen LogP contribution in [0.5, 0.6) is 0 Å². The fourth-order valence-electron chi connectivity index (χ4n) is 2.22. The van der Waals surface area contributed by atoms with E-state index in [1.807, 2.05) is 6.07 Å². The van der Waals surface area contributed by atoms with Gasteiger partial charge in [0.2, 0.25) is 5.28 Å². The van der Waals surface area contributed by atoms with Crippen LogP contribution >= 0.6 is 23.2 Å². The predicted molar refractivity (Wildman–Crippen MR) is 79.1 cm³/mol. The van der Waals surface area contributed by atoms with E-state index < -0.39 is 11.7 Å². The number of hydrogen-bond acceptors (Lipinski definition) is 3. The van der Waals surface area contributed by atoms with Crippen LogP contribution in [0, 0.1) is 11.3 Å². The molecule has 0 bridgehead atoms. The summed E-state index contributed by atoms with van der Waals surface area (Å²) >= 11 is 11.7. The minimum Gasteiger partial charge on any atom is -0.359 e. The molecule has 23 heavy (non-hydrogen) atoms. The zero-order valence-corrected chi connectivity index (χ0v) is 12.6. The third-order valence-corrected chi connectivity index (χ3v) is 3.81. The fourth-order valence-corrected chi connectivity index (χ4v) is 2.61. The van der Waals surface area contributed by atoms with Gasteiger partial charge >= 0.3 is 6.18 Å². The van der Waals surface area contributed by atoms with Crippen LogP contribution in [0.15, 0.2) is 24.5 Å². The van der Waals surface area contributed by atoms with Crippen LogP contribution < -0.4 is 0 Å². The van der Waals surface area contributed by atoms with Crippen LogP contribution in [0.25, 0.3) is 22.2 Å². The molecule has 1 N–H and O–H groups in total. The third kappa shape index (κ3) is 2.60. The average Bonchev–Trinajstić information content (AvgIpc) is 2.91. The Morgan fingerprint density at radius 3 is 2.61 bits per heavy atom. The normalized spacial score (nSPS) is 11.7. The smallest absolute Gasteiger partial charge is 0.359 e. The summed E-state index contributed by atoms with van der Waals surface area (Å²) in [6.45, 7) is 0. The van der Waals surface area contributed by atoms with E-state index in [4.69, 9.17) is 28.5 Å². The Hall–Kier alpha value is -2.30. The van der Waals surface area contributed by atoms with Crippen molar-refractivity contribution < 1.29 is 13.2 Å². The first-order valence-electron chi connectivity index (χ1n) is 6.12. The number of aromatic amines is 1. The number of alkyl halides is 3. The molecule has 0 fully saturated rings. The molecule has 0 radical (unpaired) electrons. The second-order valence-corrected chi connectivity index (χ2v) is 5.28. The average molecular weight is 357 g/mol. The summed E-state index contributed by atoms with van der Waals surface area (Å²) in [7, 11) is 0. The molecular formula is C14H5Cl2F3N4. The standard InChI is InChI=1S/C14H5Cl2F3N4/c15-10-6(3-20)1-2-7-8(4-21-12(7)10)11-9(14(17,18)19)5-22-13(16)23-11/h1-2,4-5,21H. The van der Waals surface area contributed by atoms with Crippen LogP contribution in [-0.2, 0) is 6.18 Å². The maximum atomic E-state index is 13.2. The van der Waals surface area contributed by atoms with Gasteiger partial charge in [0, 0.05) is 23.3 Å². The van der Waals surface area contributed by atoms with Gasteiger partial charge in [0.15, 0.2) is 0 Å². The van der Waals surface area contributed by atoms with Crippen molar-refractivity contribution in [2.75, 3.05) is 0 Å². The third-order valence-electron chi connectivity index (χ3n) is 3.23. The molecule has 2 heterocycles. The second kappa shape index (κ2) is 5.41. The molecule has 0 unspecified atom stereocenters. The highest BCUT2D eigenvalue weighted by molar-refractivity contribution is 6.36. The van der Waals surface area contributed by atoms with Crippen molar-refractivity contribution in [2.24, 2.45) is 0 Å². The quantitative estimate of drug-likeness (QED) is 0.635. The first-order valence-corrected chi connectivity index (χ1v) is 6.88.